The number of rotatable bonds is 16. The molecule has 0 fully saturated rings. The predicted molar refractivity (Wildman–Crippen MR) is 124 cm³/mol. The molecular formula is C22H31N5O9. The zero-order chi connectivity index (χ0) is 27.3. The largest absolute Gasteiger partial charge is 0.481 e. The van der Waals surface area contributed by atoms with E-state index in [4.69, 9.17) is 16.6 Å². The van der Waals surface area contributed by atoms with Crippen LogP contribution >= 0.6 is 0 Å². The van der Waals surface area contributed by atoms with Crippen LogP contribution in [0.5, 0.6) is 0 Å². The number of primary amides is 1. The van der Waals surface area contributed by atoms with E-state index in [1.54, 1.807) is 30.3 Å². The van der Waals surface area contributed by atoms with E-state index in [0.717, 1.165) is 0 Å². The van der Waals surface area contributed by atoms with Crippen molar-refractivity contribution in [2.45, 2.75) is 56.3 Å². The number of carbonyl (C=O) groups excluding carboxylic acids is 4. The van der Waals surface area contributed by atoms with E-state index in [1.165, 1.54) is 0 Å². The number of carbonyl (C=O) groups is 6. The van der Waals surface area contributed by atoms with Gasteiger partial charge in [-0.3, -0.25) is 24.0 Å². The van der Waals surface area contributed by atoms with Gasteiger partial charge in [0.15, 0.2) is 0 Å². The summed E-state index contributed by atoms with van der Waals surface area (Å²) in [5.74, 6) is -6.13. The van der Waals surface area contributed by atoms with Crippen molar-refractivity contribution in [3.63, 3.8) is 0 Å². The van der Waals surface area contributed by atoms with E-state index in [9.17, 15) is 39.0 Å². The van der Waals surface area contributed by atoms with E-state index >= 15 is 0 Å². The molecule has 4 unspecified atom stereocenters. The summed E-state index contributed by atoms with van der Waals surface area (Å²) in [6, 6.07) is 2.87. The maximum absolute atomic E-state index is 12.8. The van der Waals surface area contributed by atoms with Gasteiger partial charge in [-0.1, -0.05) is 30.3 Å². The molecule has 0 spiro atoms. The molecule has 4 atom stereocenters. The van der Waals surface area contributed by atoms with Crippen LogP contribution in [-0.4, -0.2) is 81.7 Å². The van der Waals surface area contributed by atoms with Crippen molar-refractivity contribution in [1.29, 1.82) is 0 Å². The number of aliphatic hydroxyl groups is 1. The minimum absolute atomic E-state index is 0.0536. The van der Waals surface area contributed by atoms with Gasteiger partial charge in [0, 0.05) is 19.3 Å². The lowest BCUT2D eigenvalue weighted by Crippen LogP contribution is -2.58. The van der Waals surface area contributed by atoms with Crippen molar-refractivity contribution >= 4 is 35.6 Å². The van der Waals surface area contributed by atoms with Gasteiger partial charge in [0.25, 0.3) is 0 Å². The average Bonchev–Trinajstić information content (AvgIpc) is 2.82. The van der Waals surface area contributed by atoms with Crippen molar-refractivity contribution < 1.29 is 44.1 Å². The summed E-state index contributed by atoms with van der Waals surface area (Å²) in [4.78, 5) is 71.1. The average molecular weight is 510 g/mol. The Hall–Kier alpha value is -4.04. The Morgan fingerprint density at radius 2 is 1.33 bits per heavy atom. The Morgan fingerprint density at radius 1 is 0.778 bits per heavy atom. The van der Waals surface area contributed by atoms with Gasteiger partial charge in [-0.15, -0.1) is 0 Å². The number of benzene rings is 1. The van der Waals surface area contributed by atoms with Crippen molar-refractivity contribution in [3.8, 4) is 0 Å². The van der Waals surface area contributed by atoms with Crippen LogP contribution in [-0.2, 0) is 35.2 Å². The first-order valence-corrected chi connectivity index (χ1v) is 11.0. The smallest absolute Gasteiger partial charge is 0.326 e. The monoisotopic (exact) mass is 509 g/mol. The summed E-state index contributed by atoms with van der Waals surface area (Å²) in [6.45, 7) is -0.890. The number of carboxylic acid groups (broad SMARTS) is 2. The molecule has 10 N–H and O–H groups in total. The Bertz CT molecular complexity index is 941. The first-order valence-electron chi connectivity index (χ1n) is 11.0. The lowest BCUT2D eigenvalue weighted by atomic mass is 10.0. The molecule has 0 saturated carbocycles. The fraction of sp³-hybridized carbons (Fsp3) is 0.455. The highest BCUT2D eigenvalue weighted by Gasteiger charge is 2.30. The first kappa shape index (κ1) is 30.0. The number of amides is 4. The molecule has 0 saturated heterocycles. The minimum atomic E-state index is -1.56. The Kier molecular flexibility index (Phi) is 12.5. The summed E-state index contributed by atoms with van der Waals surface area (Å²) in [7, 11) is 0. The van der Waals surface area contributed by atoms with E-state index in [-0.39, 0.29) is 25.7 Å². The predicted octanol–water partition coefficient (Wildman–Crippen LogP) is -2.78. The highest BCUT2D eigenvalue weighted by molar-refractivity contribution is 5.94. The third-order valence-corrected chi connectivity index (χ3v) is 5.03. The fourth-order valence-electron chi connectivity index (χ4n) is 3.03. The van der Waals surface area contributed by atoms with Gasteiger partial charge in [-0.25, -0.2) is 4.79 Å². The highest BCUT2D eigenvalue weighted by Crippen LogP contribution is 2.06. The number of carboxylic acids is 2. The van der Waals surface area contributed by atoms with Crippen molar-refractivity contribution in [2.24, 2.45) is 11.5 Å². The molecule has 0 aliphatic heterocycles. The second-order valence-corrected chi connectivity index (χ2v) is 7.94. The number of nitrogens with two attached hydrogens (primary N) is 2. The number of hydrogen-bond donors (Lipinski definition) is 8. The first-order chi connectivity index (χ1) is 16.9. The van der Waals surface area contributed by atoms with E-state index in [1.807, 2.05) is 0 Å². The topological polar surface area (TPSA) is 251 Å². The van der Waals surface area contributed by atoms with E-state index in [2.05, 4.69) is 16.0 Å². The lowest BCUT2D eigenvalue weighted by Gasteiger charge is -2.24. The fourth-order valence-corrected chi connectivity index (χ4v) is 3.03. The van der Waals surface area contributed by atoms with Gasteiger partial charge in [-0.05, 0) is 18.4 Å². The van der Waals surface area contributed by atoms with E-state index < -0.39 is 72.8 Å². The van der Waals surface area contributed by atoms with Gasteiger partial charge in [0.05, 0.1) is 12.6 Å². The van der Waals surface area contributed by atoms with Crippen LogP contribution < -0.4 is 27.4 Å². The molecule has 4 amide bonds. The van der Waals surface area contributed by atoms with Gasteiger partial charge in [0.2, 0.25) is 23.6 Å². The molecule has 0 aliphatic rings. The molecule has 0 aliphatic carbocycles. The SMILES string of the molecule is NC(=O)CCC(NC(=O)C(CO)NC(=O)C(N)CCC(=O)O)C(=O)NC(Cc1ccccc1)C(=O)O. The molecule has 1 aromatic carbocycles. The van der Waals surface area contributed by atoms with Crippen LogP contribution in [0.25, 0.3) is 0 Å². The Labute approximate surface area is 206 Å². The van der Waals surface area contributed by atoms with Gasteiger partial charge in [0.1, 0.15) is 18.1 Å². The van der Waals surface area contributed by atoms with Crippen LogP contribution in [0.4, 0.5) is 0 Å². The van der Waals surface area contributed by atoms with Gasteiger partial charge < -0.3 is 42.7 Å². The highest BCUT2D eigenvalue weighted by atomic mass is 16.4. The van der Waals surface area contributed by atoms with Crippen molar-refractivity contribution in [2.75, 3.05) is 6.61 Å². The van der Waals surface area contributed by atoms with Crippen molar-refractivity contribution in [3.05, 3.63) is 35.9 Å². The van der Waals surface area contributed by atoms with Gasteiger partial charge in [-0.2, -0.15) is 0 Å². The van der Waals surface area contributed by atoms with Crippen LogP contribution in [0.3, 0.4) is 0 Å². The molecule has 14 heteroatoms. The molecule has 198 valence electrons. The number of nitrogens with one attached hydrogen (secondary N) is 3. The Morgan fingerprint density at radius 3 is 1.86 bits per heavy atom. The normalized spacial score (nSPS) is 13.9. The van der Waals surface area contributed by atoms with E-state index in [0.29, 0.717) is 5.56 Å². The van der Waals surface area contributed by atoms with Crippen LogP contribution in [0.2, 0.25) is 0 Å². The number of hydrogen-bond acceptors (Lipinski definition) is 8. The summed E-state index contributed by atoms with van der Waals surface area (Å²) in [6.07, 6.45) is -1.28. The summed E-state index contributed by atoms with van der Waals surface area (Å²) >= 11 is 0. The molecule has 1 aromatic rings. The lowest BCUT2D eigenvalue weighted by molar-refractivity contribution is -0.142. The van der Waals surface area contributed by atoms with Crippen molar-refractivity contribution in [1.82, 2.24) is 16.0 Å². The second-order valence-electron chi connectivity index (χ2n) is 7.94. The summed E-state index contributed by atoms with van der Waals surface area (Å²) in [5, 5.41) is 34.5. The summed E-state index contributed by atoms with van der Waals surface area (Å²) < 4.78 is 0. The molecule has 0 heterocycles. The van der Waals surface area contributed by atoms with Crippen LogP contribution in [0, 0.1) is 0 Å². The quantitative estimate of drug-likeness (QED) is 0.114. The van der Waals surface area contributed by atoms with Crippen LogP contribution in [0.15, 0.2) is 30.3 Å². The molecule has 36 heavy (non-hydrogen) atoms. The molecule has 0 bridgehead atoms. The van der Waals surface area contributed by atoms with Crippen LogP contribution in [0.1, 0.15) is 31.2 Å². The zero-order valence-corrected chi connectivity index (χ0v) is 19.4. The molecule has 0 radical (unpaired) electrons. The minimum Gasteiger partial charge on any atom is -0.481 e. The number of aliphatic carboxylic acids is 2. The standard InChI is InChI=1S/C22H31N5O9/c23-13(6-9-18(30)31)19(32)27-16(11-28)21(34)25-14(7-8-17(24)29)20(33)26-15(22(35)36)10-12-4-2-1-3-5-12/h1-5,13-16,28H,6-11,23H2,(H2,24,29)(H,25,34)(H,26,33)(H,27,32)(H,30,31)(H,35,36). The molecule has 1 rings (SSSR count). The summed E-state index contributed by atoms with van der Waals surface area (Å²) in [5.41, 5.74) is 11.3. The second kappa shape index (κ2) is 15.1. The maximum atomic E-state index is 12.8. The zero-order valence-electron chi connectivity index (χ0n) is 19.4. The third-order valence-electron chi connectivity index (χ3n) is 5.03. The molecule has 0 aromatic heterocycles. The number of aliphatic hydroxyl groups excluding tert-OH is 1. The Balaban J connectivity index is 2.91. The maximum Gasteiger partial charge on any atom is 0.326 e. The van der Waals surface area contributed by atoms with Gasteiger partial charge >= 0.3 is 11.9 Å². The third kappa shape index (κ3) is 10.9. The molecule has 14 nitrogen and oxygen atoms in total. The molecular weight excluding hydrogens is 478 g/mol.